The molecule has 0 saturated heterocycles. The number of aliphatic hydroxyl groups is 1. The molecule has 1 aromatic heterocycles. The van der Waals surface area contributed by atoms with Crippen molar-refractivity contribution in [1.29, 1.82) is 0 Å². The van der Waals surface area contributed by atoms with Crippen molar-refractivity contribution in [3.63, 3.8) is 0 Å². The van der Waals surface area contributed by atoms with E-state index < -0.39 is 11.6 Å². The molecular formula is C29H28N2O5S. The Bertz CT molecular complexity index is 1530. The standard InChI is InChI=1S/C29H28N2O5S/c1-4-29(33)20-8-17-24-16(25(24)27(37)19(20)12-36-28(29)32)7-15-18(11-30-13(2)3)14-9-22-23(35-6-5-34-22)10-21(14)31-26(15)17/h8-10,13,25,30,33H,4-7,11-12H2,1-3H3/t25?,29-/m0/s1. The van der Waals surface area contributed by atoms with E-state index in [1.54, 1.807) is 6.92 Å². The summed E-state index contributed by atoms with van der Waals surface area (Å²) in [6.45, 7) is 7.87. The number of hydrogen-bond acceptors (Lipinski definition) is 8. The number of nitrogens with one attached hydrogen (secondary N) is 1. The lowest BCUT2D eigenvalue weighted by molar-refractivity contribution is -0.162. The van der Waals surface area contributed by atoms with Gasteiger partial charge < -0.3 is 24.6 Å². The van der Waals surface area contributed by atoms with Crippen molar-refractivity contribution >= 4 is 39.5 Å². The van der Waals surface area contributed by atoms with Gasteiger partial charge in [0.25, 0.3) is 0 Å². The van der Waals surface area contributed by atoms with E-state index >= 15 is 0 Å². The molecular weight excluding hydrogens is 488 g/mol. The van der Waals surface area contributed by atoms with Crippen molar-refractivity contribution in [3.8, 4) is 11.5 Å². The first-order valence-corrected chi connectivity index (χ1v) is 13.3. The molecule has 2 N–H and O–H groups in total. The number of cyclic esters (lactones) is 1. The van der Waals surface area contributed by atoms with Crippen LogP contribution in [0, 0.1) is 5.92 Å². The molecule has 1 unspecified atom stereocenters. The summed E-state index contributed by atoms with van der Waals surface area (Å²) < 4.78 is 17.2. The van der Waals surface area contributed by atoms with Crippen molar-refractivity contribution in [2.45, 2.75) is 51.8 Å². The van der Waals surface area contributed by atoms with E-state index in [2.05, 4.69) is 25.2 Å². The van der Waals surface area contributed by atoms with E-state index in [1.807, 2.05) is 12.1 Å². The zero-order valence-electron chi connectivity index (χ0n) is 21.1. The van der Waals surface area contributed by atoms with Crippen LogP contribution in [0.4, 0.5) is 0 Å². The van der Waals surface area contributed by atoms with Gasteiger partial charge in [-0.2, -0.15) is 0 Å². The number of rotatable bonds is 4. The second-order valence-corrected chi connectivity index (χ2v) is 11.1. The first-order chi connectivity index (χ1) is 17.8. The second-order valence-electron chi connectivity index (χ2n) is 10.6. The van der Waals surface area contributed by atoms with E-state index in [-0.39, 0.29) is 18.9 Å². The summed E-state index contributed by atoms with van der Waals surface area (Å²) in [5, 5.41) is 16.1. The molecule has 7 rings (SSSR count). The summed E-state index contributed by atoms with van der Waals surface area (Å²) in [4.78, 5) is 18.6. The smallest absolute Gasteiger partial charge is 0.343 e. The molecule has 0 bridgehead atoms. The number of carbonyl (C=O) groups is 1. The largest absolute Gasteiger partial charge is 0.486 e. The molecule has 3 heterocycles. The van der Waals surface area contributed by atoms with Gasteiger partial charge in [0.2, 0.25) is 0 Å². The summed E-state index contributed by atoms with van der Waals surface area (Å²) in [6.07, 6.45) is 2.95. The molecule has 0 amide bonds. The number of esters is 1. The first-order valence-electron chi connectivity index (χ1n) is 12.9. The third kappa shape index (κ3) is 3.22. The van der Waals surface area contributed by atoms with Gasteiger partial charge >= 0.3 is 5.97 Å². The van der Waals surface area contributed by atoms with E-state index in [0.29, 0.717) is 37.1 Å². The van der Waals surface area contributed by atoms with Crippen LogP contribution in [0.3, 0.4) is 0 Å². The van der Waals surface area contributed by atoms with Crippen LogP contribution in [0.1, 0.15) is 44.0 Å². The molecule has 0 saturated carbocycles. The van der Waals surface area contributed by atoms with Gasteiger partial charge in [0.1, 0.15) is 19.8 Å². The quantitative estimate of drug-likeness (QED) is 0.469. The molecule has 0 radical (unpaired) electrons. The highest BCUT2D eigenvalue weighted by atomic mass is 32.1. The predicted molar refractivity (Wildman–Crippen MR) is 143 cm³/mol. The second kappa shape index (κ2) is 7.96. The zero-order chi connectivity index (χ0) is 25.6. The Morgan fingerprint density at radius 1 is 1.22 bits per heavy atom. The van der Waals surface area contributed by atoms with Crippen LogP contribution in [0.25, 0.3) is 16.5 Å². The van der Waals surface area contributed by atoms with Crippen molar-refractivity contribution in [2.24, 2.45) is 5.92 Å². The van der Waals surface area contributed by atoms with Crippen LogP contribution in [-0.2, 0) is 22.5 Å². The topological polar surface area (TPSA) is 89.9 Å². The monoisotopic (exact) mass is 516 g/mol. The molecule has 0 fully saturated rings. The van der Waals surface area contributed by atoms with Crippen LogP contribution < -0.4 is 14.8 Å². The molecule has 8 heteroatoms. The fourth-order valence-corrected chi connectivity index (χ4v) is 6.56. The summed E-state index contributed by atoms with van der Waals surface area (Å²) in [5.74, 6) is 0.847. The molecule has 3 aliphatic carbocycles. The average molecular weight is 517 g/mol. The number of benzene rings is 1. The maximum Gasteiger partial charge on any atom is 0.343 e. The summed E-state index contributed by atoms with van der Waals surface area (Å²) in [7, 11) is 0. The predicted octanol–water partition coefficient (Wildman–Crippen LogP) is 3.75. The van der Waals surface area contributed by atoms with Gasteiger partial charge in [-0.25, -0.2) is 9.78 Å². The van der Waals surface area contributed by atoms with Gasteiger partial charge in [0.15, 0.2) is 17.1 Å². The summed E-state index contributed by atoms with van der Waals surface area (Å²) >= 11 is 5.95. The maximum absolute atomic E-state index is 12.7. The first kappa shape index (κ1) is 23.1. The highest BCUT2D eigenvalue weighted by molar-refractivity contribution is 7.81. The van der Waals surface area contributed by atoms with Crippen molar-refractivity contribution in [1.82, 2.24) is 10.3 Å². The Morgan fingerprint density at radius 3 is 2.70 bits per heavy atom. The lowest BCUT2D eigenvalue weighted by Crippen LogP contribution is -2.46. The number of hydrogen-bond donors (Lipinski definition) is 2. The molecule has 2 aromatic rings. The average Bonchev–Trinajstić information content (AvgIpc) is 3.63. The number of carbonyl (C=O) groups excluding carboxylic acids is 1. The number of aromatic nitrogens is 1. The van der Waals surface area contributed by atoms with E-state index in [1.165, 1.54) is 16.7 Å². The van der Waals surface area contributed by atoms with Crippen molar-refractivity contribution in [3.05, 3.63) is 57.3 Å². The number of ether oxygens (including phenoxy) is 3. The Hall–Kier alpha value is -3.07. The normalized spacial score (nSPS) is 25.4. The zero-order valence-corrected chi connectivity index (χ0v) is 21.9. The fourth-order valence-electron chi connectivity index (χ4n) is 6.13. The Balaban J connectivity index is 1.48. The molecule has 5 aliphatic rings. The number of pyridine rings is 1. The van der Waals surface area contributed by atoms with Gasteiger partial charge in [0, 0.05) is 51.5 Å². The van der Waals surface area contributed by atoms with E-state index in [0.717, 1.165) is 50.3 Å². The minimum Gasteiger partial charge on any atom is -0.486 e. The highest BCUT2D eigenvalue weighted by Crippen LogP contribution is 2.59. The molecule has 190 valence electrons. The van der Waals surface area contributed by atoms with Crippen molar-refractivity contribution in [2.75, 3.05) is 19.8 Å². The number of nitrogens with zero attached hydrogens (tertiary/aromatic N) is 1. The third-order valence-corrected chi connectivity index (χ3v) is 8.67. The van der Waals surface area contributed by atoms with Gasteiger partial charge in [-0.3, -0.25) is 0 Å². The molecule has 37 heavy (non-hydrogen) atoms. The van der Waals surface area contributed by atoms with Crippen LogP contribution >= 0.6 is 12.2 Å². The van der Waals surface area contributed by atoms with Crippen LogP contribution in [0.5, 0.6) is 11.5 Å². The molecule has 2 aliphatic heterocycles. The SMILES string of the molecule is CC[C@@]1(O)C(=O)OCC2=C1C=C1C3=C(Cc4c1nc1cc5c(cc1c4CNC(C)C)OCCO5)C3C2=S. The summed E-state index contributed by atoms with van der Waals surface area (Å²) in [6, 6.07) is 4.32. The van der Waals surface area contributed by atoms with Crippen LogP contribution in [-0.4, -0.2) is 52.4 Å². The van der Waals surface area contributed by atoms with Crippen LogP contribution in [0.15, 0.2) is 40.5 Å². The number of allylic oxidation sites excluding steroid dienone is 3. The minimum absolute atomic E-state index is 0.0229. The van der Waals surface area contributed by atoms with Gasteiger partial charge in [-0.15, -0.1) is 0 Å². The molecule has 7 nitrogen and oxygen atoms in total. The minimum atomic E-state index is -1.72. The number of fused-ring (bicyclic) bond motifs is 5. The lowest BCUT2D eigenvalue weighted by Gasteiger charge is -2.33. The van der Waals surface area contributed by atoms with Gasteiger partial charge in [-0.05, 0) is 47.3 Å². The van der Waals surface area contributed by atoms with Crippen LogP contribution in [0.2, 0.25) is 0 Å². The fraction of sp³-hybridized carbons (Fsp3) is 0.414. The Morgan fingerprint density at radius 2 is 1.97 bits per heavy atom. The molecule has 2 atom stereocenters. The lowest BCUT2D eigenvalue weighted by atomic mass is 9.81. The Kier molecular flexibility index (Phi) is 4.97. The highest BCUT2D eigenvalue weighted by Gasteiger charge is 2.53. The molecule has 1 aromatic carbocycles. The maximum atomic E-state index is 12.7. The number of thiocarbonyl (C=S) groups is 1. The van der Waals surface area contributed by atoms with Gasteiger partial charge in [-0.1, -0.05) is 33.0 Å². The van der Waals surface area contributed by atoms with Crippen molar-refractivity contribution < 1.29 is 24.1 Å². The van der Waals surface area contributed by atoms with E-state index in [9.17, 15) is 9.90 Å². The molecule has 0 spiro atoms. The third-order valence-electron chi connectivity index (χ3n) is 8.18. The summed E-state index contributed by atoms with van der Waals surface area (Å²) in [5.41, 5.74) is 7.11. The van der Waals surface area contributed by atoms with Gasteiger partial charge in [0.05, 0.1) is 11.2 Å². The van der Waals surface area contributed by atoms with E-state index in [4.69, 9.17) is 31.4 Å². The Labute approximate surface area is 220 Å².